The Kier molecular flexibility index (Phi) is 1.93. The maximum absolute atomic E-state index is 9.23. The number of rotatable bonds is 1. The molecular weight excluding hydrogens is 200 g/mol. The molecule has 0 saturated carbocycles. The van der Waals surface area contributed by atoms with Crippen molar-refractivity contribution < 1.29 is 9.52 Å². The third kappa shape index (κ3) is 1.44. The molecule has 0 aliphatic rings. The second-order valence-electron chi connectivity index (χ2n) is 3.72. The maximum atomic E-state index is 9.23. The summed E-state index contributed by atoms with van der Waals surface area (Å²) < 4.78 is 5.29. The summed E-state index contributed by atoms with van der Waals surface area (Å²) in [5.41, 5.74) is 3.09. The van der Waals surface area contributed by atoms with Gasteiger partial charge in [0.1, 0.15) is 11.3 Å². The van der Waals surface area contributed by atoms with Gasteiger partial charge < -0.3 is 9.52 Å². The van der Waals surface area contributed by atoms with Gasteiger partial charge in [-0.05, 0) is 41.5 Å². The number of benzene rings is 2. The highest BCUT2D eigenvalue weighted by atomic mass is 16.3. The highest BCUT2D eigenvalue weighted by Gasteiger charge is 2.01. The van der Waals surface area contributed by atoms with Crippen molar-refractivity contribution in [3.05, 3.63) is 54.8 Å². The van der Waals surface area contributed by atoms with E-state index < -0.39 is 0 Å². The first-order chi connectivity index (χ1) is 7.83. The Hall–Kier alpha value is -2.22. The highest BCUT2D eigenvalue weighted by Crippen LogP contribution is 2.26. The van der Waals surface area contributed by atoms with Crippen molar-refractivity contribution >= 4 is 11.0 Å². The molecule has 0 amide bonds. The van der Waals surface area contributed by atoms with Gasteiger partial charge in [-0.25, -0.2) is 0 Å². The molecule has 0 spiro atoms. The Morgan fingerprint density at radius 3 is 2.38 bits per heavy atom. The lowest BCUT2D eigenvalue weighted by Crippen LogP contribution is -1.76. The van der Waals surface area contributed by atoms with Gasteiger partial charge in [-0.15, -0.1) is 0 Å². The number of hydrogen-bond donors (Lipinski definition) is 1. The summed E-state index contributed by atoms with van der Waals surface area (Å²) in [6, 6.07) is 15.2. The van der Waals surface area contributed by atoms with Crippen LogP contribution in [0.2, 0.25) is 0 Å². The zero-order chi connectivity index (χ0) is 11.0. The molecule has 0 fully saturated rings. The normalized spacial score (nSPS) is 10.8. The Morgan fingerprint density at radius 1 is 0.812 bits per heavy atom. The van der Waals surface area contributed by atoms with Crippen molar-refractivity contribution in [3.63, 3.8) is 0 Å². The molecule has 0 radical (unpaired) electrons. The predicted molar refractivity (Wildman–Crippen MR) is 63.3 cm³/mol. The van der Waals surface area contributed by atoms with Gasteiger partial charge in [0.05, 0.1) is 6.26 Å². The van der Waals surface area contributed by atoms with E-state index in [9.17, 15) is 5.11 Å². The summed E-state index contributed by atoms with van der Waals surface area (Å²) in [4.78, 5) is 0. The predicted octanol–water partition coefficient (Wildman–Crippen LogP) is 3.81. The molecule has 0 atom stereocenters. The standard InChI is InChI=1S/C14H10O2/c15-13-4-1-10(2-5-13)11-3-6-14-12(9-11)7-8-16-14/h1-9,15H. The Morgan fingerprint density at radius 2 is 1.56 bits per heavy atom. The number of fused-ring (bicyclic) bond motifs is 1. The number of phenols is 1. The molecule has 16 heavy (non-hydrogen) atoms. The van der Waals surface area contributed by atoms with E-state index in [-0.39, 0.29) is 5.75 Å². The molecule has 0 aliphatic heterocycles. The first-order valence-electron chi connectivity index (χ1n) is 5.09. The molecule has 2 heteroatoms. The topological polar surface area (TPSA) is 33.4 Å². The van der Waals surface area contributed by atoms with Gasteiger partial charge >= 0.3 is 0 Å². The van der Waals surface area contributed by atoms with E-state index in [1.54, 1.807) is 18.4 Å². The molecule has 2 aromatic carbocycles. The molecule has 1 heterocycles. The van der Waals surface area contributed by atoms with Crippen LogP contribution in [0.15, 0.2) is 59.2 Å². The molecule has 3 aromatic rings. The first kappa shape index (κ1) is 9.04. The fraction of sp³-hybridized carbons (Fsp3) is 0. The van der Waals surface area contributed by atoms with E-state index in [4.69, 9.17) is 4.42 Å². The largest absolute Gasteiger partial charge is 0.508 e. The smallest absolute Gasteiger partial charge is 0.133 e. The van der Waals surface area contributed by atoms with Crippen LogP contribution in [0.25, 0.3) is 22.1 Å². The van der Waals surface area contributed by atoms with Gasteiger partial charge in [0.15, 0.2) is 0 Å². The maximum Gasteiger partial charge on any atom is 0.133 e. The van der Waals surface area contributed by atoms with Gasteiger partial charge in [-0.1, -0.05) is 18.2 Å². The van der Waals surface area contributed by atoms with Crippen LogP contribution in [-0.2, 0) is 0 Å². The molecule has 0 saturated heterocycles. The van der Waals surface area contributed by atoms with Crippen LogP contribution < -0.4 is 0 Å². The van der Waals surface area contributed by atoms with Gasteiger partial charge in [-0.3, -0.25) is 0 Å². The fourth-order valence-electron chi connectivity index (χ4n) is 1.80. The Balaban J connectivity index is 2.14. The number of phenolic OH excluding ortho intramolecular Hbond substituents is 1. The van der Waals surface area contributed by atoms with Crippen molar-refractivity contribution in [2.75, 3.05) is 0 Å². The molecule has 2 nitrogen and oxygen atoms in total. The minimum atomic E-state index is 0.285. The number of hydrogen-bond acceptors (Lipinski definition) is 2. The van der Waals surface area contributed by atoms with Crippen LogP contribution in [0, 0.1) is 0 Å². The minimum absolute atomic E-state index is 0.285. The zero-order valence-electron chi connectivity index (χ0n) is 8.55. The summed E-state index contributed by atoms with van der Waals surface area (Å²) in [5.74, 6) is 0.285. The Labute approximate surface area is 92.8 Å². The van der Waals surface area contributed by atoms with Crippen LogP contribution in [-0.4, -0.2) is 5.11 Å². The van der Waals surface area contributed by atoms with Crippen molar-refractivity contribution in [3.8, 4) is 16.9 Å². The van der Waals surface area contributed by atoms with Crippen molar-refractivity contribution in [2.24, 2.45) is 0 Å². The van der Waals surface area contributed by atoms with Crippen LogP contribution in [0.1, 0.15) is 0 Å². The third-order valence-electron chi connectivity index (χ3n) is 2.65. The van der Waals surface area contributed by atoms with Crippen molar-refractivity contribution in [1.29, 1.82) is 0 Å². The van der Waals surface area contributed by atoms with Crippen LogP contribution in [0.4, 0.5) is 0 Å². The Bertz CT molecular complexity index is 621. The van der Waals surface area contributed by atoms with Crippen LogP contribution in [0.3, 0.4) is 0 Å². The fourth-order valence-corrected chi connectivity index (χ4v) is 1.80. The molecule has 0 bridgehead atoms. The number of furan rings is 1. The lowest BCUT2D eigenvalue weighted by molar-refractivity contribution is 0.475. The molecule has 1 aromatic heterocycles. The second kappa shape index (κ2) is 3.42. The molecule has 78 valence electrons. The van der Waals surface area contributed by atoms with Crippen LogP contribution >= 0.6 is 0 Å². The van der Waals surface area contributed by atoms with Gasteiger partial charge in [0.2, 0.25) is 0 Å². The average molecular weight is 210 g/mol. The van der Waals surface area contributed by atoms with Crippen molar-refractivity contribution in [2.45, 2.75) is 0 Å². The summed E-state index contributed by atoms with van der Waals surface area (Å²) in [6.07, 6.45) is 1.69. The minimum Gasteiger partial charge on any atom is -0.508 e. The third-order valence-corrected chi connectivity index (χ3v) is 2.65. The summed E-state index contributed by atoms with van der Waals surface area (Å²) in [7, 11) is 0. The van der Waals surface area contributed by atoms with Crippen molar-refractivity contribution in [1.82, 2.24) is 0 Å². The highest BCUT2D eigenvalue weighted by molar-refractivity contribution is 5.83. The second-order valence-corrected chi connectivity index (χ2v) is 3.72. The van der Waals surface area contributed by atoms with Gasteiger partial charge in [-0.2, -0.15) is 0 Å². The van der Waals surface area contributed by atoms with E-state index in [2.05, 4.69) is 6.07 Å². The van der Waals surface area contributed by atoms with E-state index in [0.717, 1.165) is 22.1 Å². The summed E-state index contributed by atoms with van der Waals surface area (Å²) >= 11 is 0. The van der Waals surface area contributed by atoms with E-state index in [0.29, 0.717) is 0 Å². The molecule has 3 rings (SSSR count). The van der Waals surface area contributed by atoms with Gasteiger partial charge in [0.25, 0.3) is 0 Å². The first-order valence-corrected chi connectivity index (χ1v) is 5.09. The SMILES string of the molecule is Oc1ccc(-c2ccc3occc3c2)cc1. The van der Waals surface area contributed by atoms with E-state index in [1.165, 1.54) is 0 Å². The molecular formula is C14H10O2. The number of aromatic hydroxyl groups is 1. The molecule has 1 N–H and O–H groups in total. The average Bonchev–Trinajstić information content (AvgIpc) is 2.77. The summed E-state index contributed by atoms with van der Waals surface area (Å²) in [5, 5.41) is 10.3. The van der Waals surface area contributed by atoms with E-state index in [1.807, 2.05) is 30.3 Å². The van der Waals surface area contributed by atoms with Crippen LogP contribution in [0.5, 0.6) is 5.75 Å². The zero-order valence-corrected chi connectivity index (χ0v) is 8.55. The quantitative estimate of drug-likeness (QED) is 0.662. The monoisotopic (exact) mass is 210 g/mol. The van der Waals surface area contributed by atoms with E-state index >= 15 is 0 Å². The lowest BCUT2D eigenvalue weighted by atomic mass is 10.0. The van der Waals surface area contributed by atoms with Gasteiger partial charge in [0, 0.05) is 5.39 Å². The lowest BCUT2D eigenvalue weighted by Gasteiger charge is -2.01. The molecule has 0 aliphatic carbocycles. The summed E-state index contributed by atoms with van der Waals surface area (Å²) in [6.45, 7) is 0. The molecule has 0 unspecified atom stereocenters.